The molecule has 2 aromatic rings. The lowest BCUT2D eigenvalue weighted by atomic mass is 10.1. The van der Waals surface area contributed by atoms with Gasteiger partial charge < -0.3 is 16.0 Å². The van der Waals surface area contributed by atoms with E-state index >= 15 is 0 Å². The number of carbonyl (C=O) groups excluding carboxylic acids is 1. The van der Waals surface area contributed by atoms with Crippen LogP contribution in [0.2, 0.25) is 0 Å². The monoisotopic (exact) mass is 538 g/mol. The van der Waals surface area contributed by atoms with Crippen molar-refractivity contribution >= 4 is 35.8 Å². The average Bonchev–Trinajstić information content (AvgIpc) is 2.67. The number of alkyl halides is 3. The summed E-state index contributed by atoms with van der Waals surface area (Å²) >= 11 is 0. The minimum Gasteiger partial charge on any atom is -0.355 e. The van der Waals surface area contributed by atoms with Gasteiger partial charge in [0.2, 0.25) is 5.91 Å². The summed E-state index contributed by atoms with van der Waals surface area (Å²) in [5.74, 6) is -0.251. The first-order chi connectivity index (χ1) is 13.8. The molecule has 3 N–H and O–H groups in total. The predicted octanol–water partition coefficient (Wildman–Crippen LogP) is 3.49. The number of benzene rings is 2. The summed E-state index contributed by atoms with van der Waals surface area (Å²) in [5.41, 5.74) is 0.334. The molecule has 0 heterocycles. The number of carbonyl (C=O) groups is 1. The molecule has 0 spiro atoms. The van der Waals surface area contributed by atoms with Gasteiger partial charge in [0.05, 0.1) is 12.0 Å². The summed E-state index contributed by atoms with van der Waals surface area (Å²) in [6, 6.07) is 10.9. The third-order valence-corrected chi connectivity index (χ3v) is 3.93. The van der Waals surface area contributed by atoms with Crippen LogP contribution < -0.4 is 16.0 Å². The molecule has 0 unspecified atom stereocenters. The molecule has 0 bridgehead atoms. The van der Waals surface area contributed by atoms with Gasteiger partial charge in [-0.15, -0.1) is 24.0 Å². The van der Waals surface area contributed by atoms with Crippen LogP contribution >= 0.6 is 24.0 Å². The molecule has 0 fully saturated rings. The van der Waals surface area contributed by atoms with Gasteiger partial charge in [-0.25, -0.2) is 4.39 Å². The highest BCUT2D eigenvalue weighted by Crippen LogP contribution is 2.29. The van der Waals surface area contributed by atoms with Gasteiger partial charge in [-0.2, -0.15) is 13.2 Å². The Morgan fingerprint density at radius 3 is 2.30 bits per heavy atom. The summed E-state index contributed by atoms with van der Waals surface area (Å²) in [6.45, 7) is 0.824. The second kappa shape index (κ2) is 12.4. The van der Waals surface area contributed by atoms with E-state index in [2.05, 4.69) is 20.9 Å². The second-order valence-corrected chi connectivity index (χ2v) is 6.21. The summed E-state index contributed by atoms with van der Waals surface area (Å²) in [7, 11) is 1.53. The topological polar surface area (TPSA) is 65.5 Å². The fraction of sp³-hybridized carbons (Fsp3) is 0.300. The molecule has 0 saturated carbocycles. The maximum absolute atomic E-state index is 13.1. The van der Waals surface area contributed by atoms with Crippen LogP contribution in [0.3, 0.4) is 0 Å². The number of halogens is 5. The van der Waals surface area contributed by atoms with E-state index in [1.165, 1.54) is 25.2 Å². The Hall–Kier alpha value is -2.37. The van der Waals surface area contributed by atoms with Crippen molar-refractivity contribution in [3.05, 3.63) is 71.0 Å². The summed E-state index contributed by atoms with van der Waals surface area (Å²) in [6.07, 6.45) is -4.32. The normalized spacial score (nSPS) is 11.4. The highest BCUT2D eigenvalue weighted by Gasteiger charge is 2.30. The van der Waals surface area contributed by atoms with Crippen molar-refractivity contribution < 1.29 is 22.4 Å². The van der Waals surface area contributed by atoms with Crippen molar-refractivity contribution in [1.82, 2.24) is 16.0 Å². The Labute approximate surface area is 189 Å². The van der Waals surface area contributed by atoms with Crippen molar-refractivity contribution in [2.75, 3.05) is 20.1 Å². The van der Waals surface area contributed by atoms with Gasteiger partial charge in [0, 0.05) is 26.7 Å². The van der Waals surface area contributed by atoms with Crippen LogP contribution in [0.25, 0.3) is 0 Å². The van der Waals surface area contributed by atoms with Gasteiger partial charge in [-0.05, 0) is 35.4 Å². The standard InChI is InChI=1S/C20H22F4N4O.HI/c1-25-19(28-13-15-5-2-6-16(10-15)20(22,23)24)27-9-8-26-18(29)12-14-4-3-7-17(21)11-14;/h2-7,10-11H,8-9,12-13H2,1H3,(H,26,29)(H2,25,27,28);1H. The first kappa shape index (κ1) is 25.7. The summed E-state index contributed by atoms with van der Waals surface area (Å²) < 4.78 is 51.4. The highest BCUT2D eigenvalue weighted by molar-refractivity contribution is 14.0. The third kappa shape index (κ3) is 8.97. The molecule has 5 nitrogen and oxygen atoms in total. The zero-order valence-corrected chi connectivity index (χ0v) is 18.6. The van der Waals surface area contributed by atoms with Gasteiger partial charge in [-0.1, -0.05) is 24.3 Å². The zero-order valence-electron chi connectivity index (χ0n) is 16.2. The molecule has 0 saturated heterocycles. The molecule has 30 heavy (non-hydrogen) atoms. The van der Waals surface area contributed by atoms with Crippen molar-refractivity contribution in [2.45, 2.75) is 19.1 Å². The van der Waals surface area contributed by atoms with Crippen LogP contribution in [0.1, 0.15) is 16.7 Å². The Kier molecular flexibility index (Phi) is 10.6. The van der Waals surface area contributed by atoms with E-state index in [-0.39, 0.29) is 42.8 Å². The molecule has 2 rings (SSSR count). The molecule has 164 valence electrons. The van der Waals surface area contributed by atoms with Crippen LogP contribution in [0.4, 0.5) is 17.6 Å². The number of nitrogens with zero attached hydrogens (tertiary/aromatic N) is 1. The van der Waals surface area contributed by atoms with Crippen LogP contribution in [0.15, 0.2) is 53.5 Å². The minimum absolute atomic E-state index is 0. The second-order valence-electron chi connectivity index (χ2n) is 6.21. The molecule has 2 aromatic carbocycles. The van der Waals surface area contributed by atoms with Crippen LogP contribution in [-0.2, 0) is 23.9 Å². The van der Waals surface area contributed by atoms with Crippen LogP contribution in [-0.4, -0.2) is 32.0 Å². The fourth-order valence-electron chi connectivity index (χ4n) is 2.54. The maximum atomic E-state index is 13.1. The molecule has 0 aliphatic rings. The molecule has 0 atom stereocenters. The molecule has 0 aromatic heterocycles. The first-order valence-corrected chi connectivity index (χ1v) is 8.89. The van der Waals surface area contributed by atoms with Gasteiger partial charge >= 0.3 is 6.18 Å². The molecular formula is C20H23F4IN4O. The SMILES string of the molecule is CN=C(NCCNC(=O)Cc1cccc(F)c1)NCc1cccc(C(F)(F)F)c1.I. The fourth-order valence-corrected chi connectivity index (χ4v) is 2.54. The van der Waals surface area contributed by atoms with Gasteiger partial charge in [0.25, 0.3) is 0 Å². The van der Waals surface area contributed by atoms with Gasteiger partial charge in [0.1, 0.15) is 5.82 Å². The number of aliphatic imine (C=N–C) groups is 1. The Morgan fingerprint density at radius 2 is 1.63 bits per heavy atom. The molecule has 0 radical (unpaired) electrons. The van der Waals surface area contributed by atoms with E-state index in [1.54, 1.807) is 18.2 Å². The van der Waals surface area contributed by atoms with E-state index < -0.39 is 17.6 Å². The molecule has 10 heteroatoms. The predicted molar refractivity (Wildman–Crippen MR) is 118 cm³/mol. The lowest BCUT2D eigenvalue weighted by Crippen LogP contribution is -2.41. The number of nitrogens with one attached hydrogen (secondary N) is 3. The largest absolute Gasteiger partial charge is 0.416 e. The Balaban J connectivity index is 0.00000450. The number of rotatable bonds is 7. The van der Waals surface area contributed by atoms with Crippen molar-refractivity contribution in [1.29, 1.82) is 0 Å². The van der Waals surface area contributed by atoms with Gasteiger partial charge in [-0.3, -0.25) is 9.79 Å². The molecular weight excluding hydrogens is 515 g/mol. The molecule has 0 aliphatic heterocycles. The number of hydrogen-bond donors (Lipinski definition) is 3. The van der Waals surface area contributed by atoms with E-state index in [0.717, 1.165) is 12.1 Å². The lowest BCUT2D eigenvalue weighted by Gasteiger charge is -2.13. The van der Waals surface area contributed by atoms with E-state index in [0.29, 0.717) is 30.2 Å². The third-order valence-electron chi connectivity index (χ3n) is 3.93. The smallest absolute Gasteiger partial charge is 0.355 e. The first-order valence-electron chi connectivity index (χ1n) is 8.89. The molecule has 1 amide bonds. The number of guanidine groups is 1. The van der Waals surface area contributed by atoms with Crippen molar-refractivity contribution in [3.63, 3.8) is 0 Å². The van der Waals surface area contributed by atoms with E-state index in [9.17, 15) is 22.4 Å². The Morgan fingerprint density at radius 1 is 0.967 bits per heavy atom. The molecule has 0 aliphatic carbocycles. The average molecular weight is 538 g/mol. The Bertz CT molecular complexity index is 859. The number of hydrogen-bond acceptors (Lipinski definition) is 2. The van der Waals surface area contributed by atoms with E-state index in [4.69, 9.17) is 0 Å². The van der Waals surface area contributed by atoms with Crippen molar-refractivity contribution in [2.24, 2.45) is 4.99 Å². The van der Waals surface area contributed by atoms with Crippen LogP contribution in [0.5, 0.6) is 0 Å². The summed E-state index contributed by atoms with van der Waals surface area (Å²) in [5, 5.41) is 8.57. The maximum Gasteiger partial charge on any atom is 0.416 e. The summed E-state index contributed by atoms with van der Waals surface area (Å²) in [4.78, 5) is 15.8. The lowest BCUT2D eigenvalue weighted by molar-refractivity contribution is -0.137. The van der Waals surface area contributed by atoms with Crippen molar-refractivity contribution in [3.8, 4) is 0 Å². The quantitative estimate of drug-likeness (QED) is 0.166. The van der Waals surface area contributed by atoms with E-state index in [1.807, 2.05) is 0 Å². The minimum atomic E-state index is -4.39. The van der Waals surface area contributed by atoms with Crippen LogP contribution in [0, 0.1) is 5.82 Å². The van der Waals surface area contributed by atoms with Gasteiger partial charge in [0.15, 0.2) is 5.96 Å². The highest BCUT2D eigenvalue weighted by atomic mass is 127. The zero-order chi connectivity index (χ0) is 21.3. The number of amides is 1.